The molecule has 0 atom stereocenters. The number of hydrogen-bond acceptors (Lipinski definition) is 4. The van der Waals surface area contributed by atoms with Crippen LogP contribution in [0.5, 0.6) is 0 Å². The number of aliphatic hydroxyl groups excluding tert-OH is 1. The third-order valence-electron chi connectivity index (χ3n) is 5.95. The Kier molecular flexibility index (Phi) is 7.19. The molecule has 1 aromatic heterocycles. The van der Waals surface area contributed by atoms with Crippen molar-refractivity contribution in [2.45, 2.75) is 25.7 Å². The zero-order valence-corrected chi connectivity index (χ0v) is 18.3. The van der Waals surface area contributed by atoms with Crippen LogP contribution in [0.15, 0.2) is 65.1 Å². The lowest BCUT2D eigenvalue weighted by Gasteiger charge is -2.31. The van der Waals surface area contributed by atoms with Crippen molar-refractivity contribution in [3.8, 4) is 11.3 Å². The lowest BCUT2D eigenvalue weighted by molar-refractivity contribution is -0.116. The molecular weight excluding hydrogens is 423 g/mol. The summed E-state index contributed by atoms with van der Waals surface area (Å²) in [6.07, 6.45) is 2.16. The summed E-state index contributed by atoms with van der Waals surface area (Å²) in [6.45, 7) is 1.41. The molecule has 33 heavy (non-hydrogen) atoms. The zero-order chi connectivity index (χ0) is 23.2. The van der Waals surface area contributed by atoms with Crippen LogP contribution < -0.4 is 5.32 Å². The van der Waals surface area contributed by atoms with Gasteiger partial charge in [-0.15, -0.1) is 0 Å². The van der Waals surface area contributed by atoms with Gasteiger partial charge >= 0.3 is 0 Å². The lowest BCUT2D eigenvalue weighted by atomic mass is 9.97. The number of piperidine rings is 1. The van der Waals surface area contributed by atoms with Gasteiger partial charge in [-0.2, -0.15) is 0 Å². The van der Waals surface area contributed by atoms with Crippen molar-refractivity contribution in [3.05, 3.63) is 77.8 Å². The van der Waals surface area contributed by atoms with E-state index in [0.29, 0.717) is 47.8 Å². The fourth-order valence-electron chi connectivity index (χ4n) is 4.01. The SMILES string of the molecule is O=C(CCc1ccc(-c2ccccc2F)o1)Nc1cccc(C(=O)N2CCC(CO)CC2)c1. The number of rotatable bonds is 7. The Morgan fingerprint density at radius 2 is 1.85 bits per heavy atom. The van der Waals surface area contributed by atoms with Gasteiger partial charge in [-0.1, -0.05) is 18.2 Å². The Morgan fingerprint density at radius 1 is 1.06 bits per heavy atom. The Balaban J connectivity index is 1.31. The van der Waals surface area contributed by atoms with Crippen molar-refractivity contribution in [1.82, 2.24) is 4.90 Å². The van der Waals surface area contributed by atoms with E-state index in [1.54, 1.807) is 59.5 Å². The van der Waals surface area contributed by atoms with E-state index in [-0.39, 0.29) is 36.6 Å². The van der Waals surface area contributed by atoms with Gasteiger partial charge in [0.1, 0.15) is 17.3 Å². The predicted molar refractivity (Wildman–Crippen MR) is 123 cm³/mol. The molecular formula is C26H27FN2O4. The summed E-state index contributed by atoms with van der Waals surface area (Å²) in [5, 5.41) is 12.1. The van der Waals surface area contributed by atoms with Gasteiger partial charge in [0.05, 0.1) is 5.56 Å². The molecule has 4 rings (SSSR count). The van der Waals surface area contributed by atoms with E-state index in [4.69, 9.17) is 4.42 Å². The summed E-state index contributed by atoms with van der Waals surface area (Å²) >= 11 is 0. The Labute approximate surface area is 192 Å². The van der Waals surface area contributed by atoms with Crippen molar-refractivity contribution in [2.24, 2.45) is 5.92 Å². The molecule has 2 aromatic carbocycles. The maximum absolute atomic E-state index is 13.9. The highest BCUT2D eigenvalue weighted by Gasteiger charge is 2.23. The van der Waals surface area contributed by atoms with Gasteiger partial charge in [-0.05, 0) is 61.2 Å². The normalized spacial score (nSPS) is 14.3. The van der Waals surface area contributed by atoms with Crippen LogP contribution >= 0.6 is 0 Å². The minimum Gasteiger partial charge on any atom is -0.461 e. The van der Waals surface area contributed by atoms with Crippen LogP contribution in [0.2, 0.25) is 0 Å². The lowest BCUT2D eigenvalue weighted by Crippen LogP contribution is -2.39. The number of anilines is 1. The Hall–Kier alpha value is -3.45. The number of aryl methyl sites for hydroxylation is 1. The van der Waals surface area contributed by atoms with E-state index in [1.165, 1.54) is 6.07 Å². The van der Waals surface area contributed by atoms with Gasteiger partial charge in [-0.25, -0.2) is 4.39 Å². The number of halogens is 1. The van der Waals surface area contributed by atoms with Gasteiger partial charge in [0, 0.05) is 43.8 Å². The molecule has 0 bridgehead atoms. The maximum Gasteiger partial charge on any atom is 0.253 e. The van der Waals surface area contributed by atoms with E-state index < -0.39 is 0 Å². The number of nitrogens with zero attached hydrogens (tertiary/aromatic N) is 1. The molecule has 0 spiro atoms. The van der Waals surface area contributed by atoms with Crippen molar-refractivity contribution in [3.63, 3.8) is 0 Å². The Morgan fingerprint density at radius 3 is 2.61 bits per heavy atom. The predicted octanol–water partition coefficient (Wildman–Crippen LogP) is 4.50. The van der Waals surface area contributed by atoms with E-state index in [9.17, 15) is 19.1 Å². The Bertz CT molecular complexity index is 1120. The molecule has 172 valence electrons. The first-order valence-electron chi connectivity index (χ1n) is 11.2. The molecule has 2 N–H and O–H groups in total. The quantitative estimate of drug-likeness (QED) is 0.555. The summed E-state index contributed by atoms with van der Waals surface area (Å²) in [4.78, 5) is 27.0. The van der Waals surface area contributed by atoms with Gasteiger partial charge in [0.2, 0.25) is 5.91 Å². The number of carbonyl (C=O) groups is 2. The van der Waals surface area contributed by atoms with E-state index >= 15 is 0 Å². The summed E-state index contributed by atoms with van der Waals surface area (Å²) < 4.78 is 19.6. The minimum absolute atomic E-state index is 0.0706. The molecule has 0 saturated carbocycles. The number of hydrogen-bond donors (Lipinski definition) is 2. The second-order valence-electron chi connectivity index (χ2n) is 8.29. The molecule has 3 aromatic rings. The first-order chi connectivity index (χ1) is 16.0. The number of furan rings is 1. The van der Waals surface area contributed by atoms with Crippen LogP contribution in [0.3, 0.4) is 0 Å². The second kappa shape index (κ2) is 10.4. The smallest absolute Gasteiger partial charge is 0.253 e. The minimum atomic E-state index is -0.358. The third kappa shape index (κ3) is 5.68. The van der Waals surface area contributed by atoms with Crippen LogP contribution in [-0.2, 0) is 11.2 Å². The number of nitrogens with one attached hydrogen (secondary N) is 1. The number of benzene rings is 2. The highest BCUT2D eigenvalue weighted by molar-refractivity contribution is 5.97. The van der Waals surface area contributed by atoms with Gasteiger partial charge < -0.3 is 19.7 Å². The van der Waals surface area contributed by atoms with Crippen LogP contribution in [0.25, 0.3) is 11.3 Å². The van der Waals surface area contributed by atoms with Crippen molar-refractivity contribution in [1.29, 1.82) is 0 Å². The number of amides is 2. The van der Waals surface area contributed by atoms with Crippen LogP contribution in [-0.4, -0.2) is 41.5 Å². The average molecular weight is 451 g/mol. The molecule has 1 fully saturated rings. The molecule has 0 aliphatic carbocycles. The fraction of sp³-hybridized carbons (Fsp3) is 0.308. The fourth-order valence-corrected chi connectivity index (χ4v) is 4.01. The first-order valence-corrected chi connectivity index (χ1v) is 11.2. The maximum atomic E-state index is 13.9. The molecule has 1 aliphatic rings. The zero-order valence-electron chi connectivity index (χ0n) is 18.3. The van der Waals surface area contributed by atoms with Crippen LogP contribution in [0.1, 0.15) is 35.4 Å². The van der Waals surface area contributed by atoms with Gasteiger partial charge in [0.15, 0.2) is 0 Å². The number of likely N-dealkylation sites (tertiary alicyclic amines) is 1. The molecule has 6 nitrogen and oxygen atoms in total. The van der Waals surface area contributed by atoms with Gasteiger partial charge in [-0.3, -0.25) is 9.59 Å². The van der Waals surface area contributed by atoms with Crippen molar-refractivity contribution < 1.29 is 23.5 Å². The topological polar surface area (TPSA) is 82.8 Å². The molecule has 7 heteroatoms. The van der Waals surface area contributed by atoms with Crippen molar-refractivity contribution in [2.75, 3.05) is 25.0 Å². The summed E-state index contributed by atoms with van der Waals surface area (Å²) in [5.74, 6) is 0.655. The summed E-state index contributed by atoms with van der Waals surface area (Å²) in [7, 11) is 0. The molecule has 2 heterocycles. The highest BCUT2D eigenvalue weighted by atomic mass is 19.1. The number of carbonyl (C=O) groups excluding carboxylic acids is 2. The molecule has 1 saturated heterocycles. The molecule has 0 unspecified atom stereocenters. The highest BCUT2D eigenvalue weighted by Crippen LogP contribution is 2.25. The van der Waals surface area contributed by atoms with E-state index in [1.807, 2.05) is 0 Å². The number of aliphatic hydroxyl groups is 1. The van der Waals surface area contributed by atoms with Crippen molar-refractivity contribution >= 4 is 17.5 Å². The third-order valence-corrected chi connectivity index (χ3v) is 5.95. The average Bonchev–Trinajstić information content (AvgIpc) is 3.32. The standard InChI is InChI=1S/C26H27FN2O4/c27-23-7-2-1-6-22(23)24-10-8-21(33-24)9-11-25(31)28-20-5-3-4-19(16-20)26(32)29-14-12-18(17-30)13-15-29/h1-8,10,16,18,30H,9,11-15,17H2,(H,28,31). The van der Waals surface area contributed by atoms with Gasteiger partial charge in [0.25, 0.3) is 5.91 Å². The summed E-state index contributed by atoms with van der Waals surface area (Å²) in [6, 6.07) is 16.7. The van der Waals surface area contributed by atoms with E-state index in [0.717, 1.165) is 12.8 Å². The van der Waals surface area contributed by atoms with E-state index in [2.05, 4.69) is 5.32 Å². The van der Waals surface area contributed by atoms with Crippen LogP contribution in [0.4, 0.5) is 10.1 Å². The molecule has 1 aliphatic heterocycles. The summed E-state index contributed by atoms with van der Waals surface area (Å²) in [5.41, 5.74) is 1.47. The monoisotopic (exact) mass is 450 g/mol. The molecule has 2 amide bonds. The first kappa shape index (κ1) is 22.7. The largest absolute Gasteiger partial charge is 0.461 e. The van der Waals surface area contributed by atoms with Crippen LogP contribution in [0, 0.1) is 11.7 Å². The molecule has 0 radical (unpaired) electrons. The second-order valence-corrected chi connectivity index (χ2v) is 8.29.